The number of carbonyl (C=O) groups is 1. The summed E-state index contributed by atoms with van der Waals surface area (Å²) in [5.74, 6) is 1.57. The quantitative estimate of drug-likeness (QED) is 0.939. The minimum Gasteiger partial charge on any atom is -0.481 e. The number of anilines is 1. The van der Waals surface area contributed by atoms with Crippen LogP contribution in [0.3, 0.4) is 0 Å². The van der Waals surface area contributed by atoms with Gasteiger partial charge in [-0.1, -0.05) is 6.92 Å². The number of aliphatic carboxylic acids is 1. The van der Waals surface area contributed by atoms with Gasteiger partial charge in [0.05, 0.1) is 11.3 Å². The van der Waals surface area contributed by atoms with E-state index in [1.807, 2.05) is 20.8 Å². The van der Waals surface area contributed by atoms with Gasteiger partial charge in [-0.3, -0.25) is 4.79 Å². The van der Waals surface area contributed by atoms with Gasteiger partial charge >= 0.3 is 5.97 Å². The van der Waals surface area contributed by atoms with Crippen LogP contribution in [0.25, 0.3) is 11.1 Å². The number of nitrogens with zero attached hydrogens (tertiary/aromatic N) is 3. The van der Waals surface area contributed by atoms with Crippen LogP contribution in [0.2, 0.25) is 0 Å². The number of hydrogen-bond acceptors (Lipinski definition) is 5. The molecule has 0 saturated carbocycles. The van der Waals surface area contributed by atoms with E-state index in [9.17, 15) is 4.79 Å². The Kier molecular flexibility index (Phi) is 3.76. The lowest BCUT2D eigenvalue weighted by molar-refractivity contribution is -0.142. The molecule has 0 aliphatic carbocycles. The Hall–Kier alpha value is -2.11. The third-order valence-corrected chi connectivity index (χ3v) is 4.52. The summed E-state index contributed by atoms with van der Waals surface area (Å²) < 4.78 is 5.76. The molecule has 0 unspecified atom stereocenters. The second-order valence-corrected chi connectivity index (χ2v) is 5.88. The standard InChI is InChI=1S/C16H21N3O3/c1-4-12-17-14(13-9(2)10(3)22-15(13)18-12)19-7-5-11(6-8-19)16(20)21/h11H,4-8H2,1-3H3,(H,20,21). The second-order valence-electron chi connectivity index (χ2n) is 5.88. The predicted molar refractivity (Wildman–Crippen MR) is 83.2 cm³/mol. The van der Waals surface area contributed by atoms with Gasteiger partial charge in [-0.25, -0.2) is 4.98 Å². The first-order valence-electron chi connectivity index (χ1n) is 7.75. The number of hydrogen-bond donors (Lipinski definition) is 1. The average Bonchev–Trinajstić information content (AvgIpc) is 2.81. The summed E-state index contributed by atoms with van der Waals surface area (Å²) in [6.45, 7) is 7.38. The highest BCUT2D eigenvalue weighted by atomic mass is 16.4. The van der Waals surface area contributed by atoms with Crippen molar-refractivity contribution < 1.29 is 14.3 Å². The molecule has 6 nitrogen and oxygen atoms in total. The highest BCUT2D eigenvalue weighted by Gasteiger charge is 2.27. The lowest BCUT2D eigenvalue weighted by atomic mass is 9.97. The number of carboxylic acid groups (broad SMARTS) is 1. The van der Waals surface area contributed by atoms with Gasteiger partial charge in [-0.05, 0) is 26.7 Å². The van der Waals surface area contributed by atoms with Gasteiger partial charge in [-0.15, -0.1) is 0 Å². The molecule has 2 aromatic rings. The number of piperidine rings is 1. The average molecular weight is 303 g/mol. The first kappa shape index (κ1) is 14.8. The molecule has 3 heterocycles. The molecule has 22 heavy (non-hydrogen) atoms. The Morgan fingerprint density at radius 2 is 2.00 bits per heavy atom. The third kappa shape index (κ3) is 2.42. The molecule has 1 N–H and O–H groups in total. The van der Waals surface area contributed by atoms with Gasteiger partial charge in [0.15, 0.2) is 0 Å². The van der Waals surface area contributed by atoms with E-state index < -0.39 is 5.97 Å². The van der Waals surface area contributed by atoms with Crippen LogP contribution in [0.1, 0.15) is 36.9 Å². The summed E-state index contributed by atoms with van der Waals surface area (Å²) in [7, 11) is 0. The molecule has 2 aromatic heterocycles. The fraction of sp³-hybridized carbons (Fsp3) is 0.562. The molecule has 0 bridgehead atoms. The topological polar surface area (TPSA) is 79.5 Å². The highest BCUT2D eigenvalue weighted by molar-refractivity contribution is 5.90. The summed E-state index contributed by atoms with van der Waals surface area (Å²) >= 11 is 0. The normalized spacial score (nSPS) is 16.4. The van der Waals surface area contributed by atoms with E-state index in [0.717, 1.165) is 34.8 Å². The molecule has 1 saturated heterocycles. The van der Waals surface area contributed by atoms with E-state index in [-0.39, 0.29) is 5.92 Å². The number of fused-ring (bicyclic) bond motifs is 1. The van der Waals surface area contributed by atoms with Crippen LogP contribution in [-0.4, -0.2) is 34.1 Å². The lowest BCUT2D eigenvalue weighted by Crippen LogP contribution is -2.37. The number of furan rings is 1. The van der Waals surface area contributed by atoms with Crippen molar-refractivity contribution in [1.29, 1.82) is 0 Å². The van der Waals surface area contributed by atoms with Crippen molar-refractivity contribution in [3.05, 3.63) is 17.1 Å². The molecule has 3 rings (SSSR count). The third-order valence-electron chi connectivity index (χ3n) is 4.52. The van der Waals surface area contributed by atoms with Crippen LogP contribution < -0.4 is 4.90 Å². The number of rotatable bonds is 3. The van der Waals surface area contributed by atoms with E-state index >= 15 is 0 Å². The van der Waals surface area contributed by atoms with Crippen LogP contribution in [0.15, 0.2) is 4.42 Å². The van der Waals surface area contributed by atoms with E-state index in [0.29, 0.717) is 31.6 Å². The number of aromatic nitrogens is 2. The number of aryl methyl sites for hydroxylation is 3. The van der Waals surface area contributed by atoms with Crippen LogP contribution in [0.5, 0.6) is 0 Å². The lowest BCUT2D eigenvalue weighted by Gasteiger charge is -2.31. The first-order valence-corrected chi connectivity index (χ1v) is 7.75. The fourth-order valence-corrected chi connectivity index (χ4v) is 3.00. The van der Waals surface area contributed by atoms with Crippen molar-refractivity contribution >= 4 is 22.9 Å². The molecule has 0 radical (unpaired) electrons. The van der Waals surface area contributed by atoms with Crippen molar-refractivity contribution in [2.45, 2.75) is 40.0 Å². The Bertz CT molecular complexity index is 715. The van der Waals surface area contributed by atoms with Crippen LogP contribution in [0.4, 0.5) is 5.82 Å². The molecule has 0 amide bonds. The number of carboxylic acids is 1. The van der Waals surface area contributed by atoms with Gasteiger partial charge in [0, 0.05) is 25.1 Å². The molecular weight excluding hydrogens is 282 g/mol. The summed E-state index contributed by atoms with van der Waals surface area (Å²) in [5.41, 5.74) is 1.70. The molecule has 6 heteroatoms. The summed E-state index contributed by atoms with van der Waals surface area (Å²) in [4.78, 5) is 22.4. The molecule has 1 fully saturated rings. The second kappa shape index (κ2) is 5.59. The van der Waals surface area contributed by atoms with Gasteiger partial charge in [0.1, 0.15) is 17.4 Å². The van der Waals surface area contributed by atoms with Crippen molar-refractivity contribution in [1.82, 2.24) is 9.97 Å². The molecule has 0 spiro atoms. The van der Waals surface area contributed by atoms with E-state index in [1.165, 1.54) is 0 Å². The zero-order chi connectivity index (χ0) is 15.9. The van der Waals surface area contributed by atoms with E-state index in [2.05, 4.69) is 9.88 Å². The largest absolute Gasteiger partial charge is 0.481 e. The smallest absolute Gasteiger partial charge is 0.306 e. The first-order chi connectivity index (χ1) is 10.5. The van der Waals surface area contributed by atoms with Crippen molar-refractivity contribution in [2.24, 2.45) is 5.92 Å². The molecule has 1 aliphatic rings. The molecule has 0 atom stereocenters. The van der Waals surface area contributed by atoms with Crippen molar-refractivity contribution in [3.63, 3.8) is 0 Å². The van der Waals surface area contributed by atoms with Crippen LogP contribution in [0, 0.1) is 19.8 Å². The minimum atomic E-state index is -0.697. The van der Waals surface area contributed by atoms with Crippen LogP contribution >= 0.6 is 0 Å². The Labute approximate surface area is 129 Å². The zero-order valence-corrected chi connectivity index (χ0v) is 13.2. The summed E-state index contributed by atoms with van der Waals surface area (Å²) in [6, 6.07) is 0. The zero-order valence-electron chi connectivity index (χ0n) is 13.2. The maximum Gasteiger partial charge on any atom is 0.306 e. The fourth-order valence-electron chi connectivity index (χ4n) is 3.00. The highest BCUT2D eigenvalue weighted by Crippen LogP contribution is 2.33. The van der Waals surface area contributed by atoms with Crippen LogP contribution in [-0.2, 0) is 11.2 Å². The monoisotopic (exact) mass is 303 g/mol. The Morgan fingerprint density at radius 1 is 1.32 bits per heavy atom. The predicted octanol–water partition coefficient (Wildman–Crippen LogP) is 2.70. The SMILES string of the molecule is CCc1nc(N2CCC(C(=O)O)CC2)c2c(C)c(C)oc2n1. The maximum atomic E-state index is 11.1. The van der Waals surface area contributed by atoms with Crippen molar-refractivity contribution in [3.8, 4) is 0 Å². The summed E-state index contributed by atoms with van der Waals surface area (Å²) in [6.07, 6.45) is 2.05. The van der Waals surface area contributed by atoms with E-state index in [4.69, 9.17) is 14.5 Å². The van der Waals surface area contributed by atoms with Gasteiger partial charge in [0.25, 0.3) is 0 Å². The maximum absolute atomic E-state index is 11.1. The van der Waals surface area contributed by atoms with Gasteiger partial charge in [-0.2, -0.15) is 4.98 Å². The van der Waals surface area contributed by atoms with Gasteiger partial charge in [0.2, 0.25) is 5.71 Å². The Morgan fingerprint density at radius 3 is 2.59 bits per heavy atom. The molecule has 0 aromatic carbocycles. The minimum absolute atomic E-state index is 0.244. The molecule has 1 aliphatic heterocycles. The van der Waals surface area contributed by atoms with Gasteiger partial charge < -0.3 is 14.4 Å². The van der Waals surface area contributed by atoms with Crippen molar-refractivity contribution in [2.75, 3.05) is 18.0 Å². The molecular formula is C16H21N3O3. The molecule has 118 valence electrons. The van der Waals surface area contributed by atoms with E-state index in [1.54, 1.807) is 0 Å². The summed E-state index contributed by atoms with van der Waals surface area (Å²) in [5, 5.41) is 10.1. The Balaban J connectivity index is 2.01.